The van der Waals surface area contributed by atoms with Crippen molar-refractivity contribution in [2.75, 3.05) is 26.2 Å². The standard InChI is InChI=1S/C26H44N2O6/c1-26(2,3)34-25(32)27-16-18-6-4-7-20(14-18)19-10-12-28(13-11-19)24(31)21-8-5-9-22(15-21)33-17-23(29)30/h18-22H,4-17H2,1-3H3,(H,27,32)(H,29,30). The van der Waals surface area contributed by atoms with Gasteiger partial charge in [-0.3, -0.25) is 4.79 Å². The number of carbonyl (C=O) groups excluding carboxylic acids is 2. The Morgan fingerprint density at radius 1 is 0.941 bits per heavy atom. The second kappa shape index (κ2) is 12.2. The van der Waals surface area contributed by atoms with Gasteiger partial charge in [-0.15, -0.1) is 0 Å². The molecule has 194 valence electrons. The molecule has 2 aliphatic carbocycles. The van der Waals surface area contributed by atoms with Gasteiger partial charge in [-0.25, -0.2) is 9.59 Å². The first-order valence-corrected chi connectivity index (χ1v) is 13.2. The molecule has 4 unspecified atom stereocenters. The average molecular weight is 481 g/mol. The molecule has 2 N–H and O–H groups in total. The summed E-state index contributed by atoms with van der Waals surface area (Å²) in [4.78, 5) is 37.9. The van der Waals surface area contributed by atoms with Crippen molar-refractivity contribution in [3.63, 3.8) is 0 Å². The molecule has 2 amide bonds. The molecule has 0 bridgehead atoms. The van der Waals surface area contributed by atoms with Crippen LogP contribution >= 0.6 is 0 Å². The van der Waals surface area contributed by atoms with Gasteiger partial charge in [0.15, 0.2) is 0 Å². The second-order valence-corrected chi connectivity index (χ2v) is 11.5. The van der Waals surface area contributed by atoms with Crippen molar-refractivity contribution in [1.82, 2.24) is 10.2 Å². The van der Waals surface area contributed by atoms with Crippen LogP contribution in [0.25, 0.3) is 0 Å². The van der Waals surface area contributed by atoms with Crippen LogP contribution in [0.15, 0.2) is 0 Å². The molecule has 0 radical (unpaired) electrons. The fourth-order valence-corrected chi connectivity index (χ4v) is 6.05. The summed E-state index contributed by atoms with van der Waals surface area (Å²) in [5.74, 6) is 1.04. The van der Waals surface area contributed by atoms with Gasteiger partial charge in [0.2, 0.25) is 5.91 Å². The van der Waals surface area contributed by atoms with E-state index < -0.39 is 11.6 Å². The molecule has 0 aromatic carbocycles. The van der Waals surface area contributed by atoms with Crippen LogP contribution in [0.3, 0.4) is 0 Å². The number of amides is 2. The van der Waals surface area contributed by atoms with Crippen LogP contribution in [0.1, 0.15) is 85.0 Å². The number of carbonyl (C=O) groups is 3. The minimum atomic E-state index is -0.957. The summed E-state index contributed by atoms with van der Waals surface area (Å²) in [6.45, 7) is 7.65. The summed E-state index contributed by atoms with van der Waals surface area (Å²) in [5.41, 5.74) is -0.478. The van der Waals surface area contributed by atoms with Crippen molar-refractivity contribution < 1.29 is 29.0 Å². The lowest BCUT2D eigenvalue weighted by molar-refractivity contribution is -0.147. The Balaban J connectivity index is 1.40. The highest BCUT2D eigenvalue weighted by Crippen LogP contribution is 2.39. The fraction of sp³-hybridized carbons (Fsp3) is 0.885. The van der Waals surface area contributed by atoms with Gasteiger partial charge in [0.25, 0.3) is 0 Å². The maximum atomic E-state index is 13.1. The Morgan fingerprint density at radius 2 is 1.65 bits per heavy atom. The molecule has 8 nitrogen and oxygen atoms in total. The van der Waals surface area contributed by atoms with E-state index in [1.54, 1.807) is 0 Å². The van der Waals surface area contributed by atoms with Crippen molar-refractivity contribution in [3.8, 4) is 0 Å². The van der Waals surface area contributed by atoms with Crippen LogP contribution < -0.4 is 5.32 Å². The smallest absolute Gasteiger partial charge is 0.407 e. The number of carboxylic acids is 1. The summed E-state index contributed by atoms with van der Waals surface area (Å²) in [6, 6.07) is 0. The number of nitrogens with zero attached hydrogens (tertiary/aromatic N) is 1. The van der Waals surface area contributed by atoms with E-state index in [-0.39, 0.29) is 30.6 Å². The molecule has 0 aromatic rings. The van der Waals surface area contributed by atoms with Crippen LogP contribution in [0, 0.1) is 23.7 Å². The lowest BCUT2D eigenvalue weighted by Gasteiger charge is -2.41. The van der Waals surface area contributed by atoms with Crippen molar-refractivity contribution >= 4 is 18.0 Å². The van der Waals surface area contributed by atoms with E-state index in [1.807, 2.05) is 25.7 Å². The molecular weight excluding hydrogens is 436 g/mol. The first-order chi connectivity index (χ1) is 16.1. The van der Waals surface area contributed by atoms with Gasteiger partial charge >= 0.3 is 12.1 Å². The maximum Gasteiger partial charge on any atom is 0.407 e. The van der Waals surface area contributed by atoms with E-state index in [0.717, 1.165) is 58.0 Å². The molecule has 1 saturated heterocycles. The third kappa shape index (κ3) is 8.43. The molecule has 34 heavy (non-hydrogen) atoms. The molecular formula is C26H44N2O6. The van der Waals surface area contributed by atoms with E-state index >= 15 is 0 Å². The molecule has 8 heteroatoms. The number of ether oxygens (including phenoxy) is 2. The number of carboxylic acid groups (broad SMARTS) is 1. The van der Waals surface area contributed by atoms with Crippen molar-refractivity contribution in [3.05, 3.63) is 0 Å². The number of alkyl carbamates (subject to hydrolysis) is 1. The zero-order chi connectivity index (χ0) is 24.7. The van der Waals surface area contributed by atoms with Gasteiger partial charge in [-0.1, -0.05) is 19.3 Å². The van der Waals surface area contributed by atoms with Crippen LogP contribution in [-0.4, -0.2) is 65.9 Å². The number of nitrogens with one attached hydrogen (secondary N) is 1. The summed E-state index contributed by atoms with van der Waals surface area (Å²) < 4.78 is 10.8. The summed E-state index contributed by atoms with van der Waals surface area (Å²) >= 11 is 0. The quantitative estimate of drug-likeness (QED) is 0.565. The molecule has 1 heterocycles. The Kier molecular flexibility index (Phi) is 9.63. The Labute approximate surface area is 204 Å². The third-order valence-electron chi connectivity index (χ3n) is 7.69. The minimum Gasteiger partial charge on any atom is -0.480 e. The normalized spacial score (nSPS) is 28.9. The highest BCUT2D eigenvalue weighted by Gasteiger charge is 2.35. The maximum absolute atomic E-state index is 13.1. The monoisotopic (exact) mass is 480 g/mol. The number of piperidine rings is 1. The third-order valence-corrected chi connectivity index (χ3v) is 7.69. The van der Waals surface area contributed by atoms with Gasteiger partial charge in [-0.05, 0) is 83.5 Å². The molecule has 3 fully saturated rings. The van der Waals surface area contributed by atoms with Gasteiger partial charge in [-0.2, -0.15) is 0 Å². The Morgan fingerprint density at radius 3 is 2.32 bits per heavy atom. The van der Waals surface area contributed by atoms with Crippen LogP contribution in [-0.2, 0) is 19.1 Å². The zero-order valence-electron chi connectivity index (χ0n) is 21.2. The first-order valence-electron chi connectivity index (χ1n) is 13.2. The summed E-state index contributed by atoms with van der Waals surface area (Å²) in [6.07, 6.45) is 9.64. The molecule has 4 atom stereocenters. The van der Waals surface area contributed by atoms with Crippen molar-refractivity contribution in [2.45, 2.75) is 96.7 Å². The minimum absolute atomic E-state index is 0.0397. The zero-order valence-corrected chi connectivity index (χ0v) is 21.2. The predicted molar refractivity (Wildman–Crippen MR) is 128 cm³/mol. The molecule has 0 spiro atoms. The molecule has 1 aliphatic heterocycles. The van der Waals surface area contributed by atoms with E-state index in [0.29, 0.717) is 30.7 Å². The topological polar surface area (TPSA) is 105 Å². The number of hydrogen-bond acceptors (Lipinski definition) is 5. The lowest BCUT2D eigenvalue weighted by atomic mass is 9.72. The Hall–Kier alpha value is -1.83. The summed E-state index contributed by atoms with van der Waals surface area (Å²) in [7, 11) is 0. The SMILES string of the molecule is CC(C)(C)OC(=O)NCC1CCCC(C2CCN(C(=O)C3CCCC(OCC(=O)O)C3)CC2)C1. The number of likely N-dealkylation sites (tertiary alicyclic amines) is 1. The van der Waals surface area contributed by atoms with E-state index in [2.05, 4.69) is 5.32 Å². The average Bonchev–Trinajstić information content (AvgIpc) is 2.80. The second-order valence-electron chi connectivity index (χ2n) is 11.5. The molecule has 2 saturated carbocycles. The van der Waals surface area contributed by atoms with Crippen LogP contribution in [0.4, 0.5) is 4.79 Å². The number of hydrogen-bond donors (Lipinski definition) is 2. The highest BCUT2D eigenvalue weighted by atomic mass is 16.6. The van der Waals surface area contributed by atoms with E-state index in [9.17, 15) is 14.4 Å². The van der Waals surface area contributed by atoms with Gasteiger partial charge < -0.3 is 24.8 Å². The molecule has 3 rings (SSSR count). The van der Waals surface area contributed by atoms with E-state index in [4.69, 9.17) is 14.6 Å². The van der Waals surface area contributed by atoms with Gasteiger partial charge in [0.05, 0.1) is 6.10 Å². The van der Waals surface area contributed by atoms with Crippen LogP contribution in [0.5, 0.6) is 0 Å². The van der Waals surface area contributed by atoms with Crippen molar-refractivity contribution in [2.24, 2.45) is 23.7 Å². The van der Waals surface area contributed by atoms with Gasteiger partial charge in [0, 0.05) is 25.6 Å². The highest BCUT2D eigenvalue weighted by molar-refractivity contribution is 5.79. The predicted octanol–water partition coefficient (Wildman–Crippen LogP) is 4.22. The van der Waals surface area contributed by atoms with Gasteiger partial charge in [0.1, 0.15) is 12.2 Å². The van der Waals surface area contributed by atoms with E-state index in [1.165, 1.54) is 12.8 Å². The number of aliphatic carboxylic acids is 1. The molecule has 3 aliphatic rings. The number of rotatable bonds is 7. The summed E-state index contributed by atoms with van der Waals surface area (Å²) in [5, 5.41) is 11.8. The largest absolute Gasteiger partial charge is 0.480 e. The lowest BCUT2D eigenvalue weighted by Crippen LogP contribution is -2.45. The van der Waals surface area contributed by atoms with Crippen LogP contribution in [0.2, 0.25) is 0 Å². The van der Waals surface area contributed by atoms with Crippen molar-refractivity contribution in [1.29, 1.82) is 0 Å². The molecule has 0 aromatic heterocycles. The fourth-order valence-electron chi connectivity index (χ4n) is 6.05. The first kappa shape index (κ1) is 26.8. The Bertz CT molecular complexity index is 698.